The Morgan fingerprint density at radius 2 is 1.34 bits per heavy atom. The van der Waals surface area contributed by atoms with Crippen LogP contribution in [0.4, 0.5) is 0 Å². The highest BCUT2D eigenvalue weighted by atomic mass is 35.5. The number of ether oxygens (including phenoxy) is 1. The molecule has 2 N–H and O–H groups in total. The van der Waals surface area contributed by atoms with Crippen LogP contribution in [0.15, 0.2) is 84.9 Å². The van der Waals surface area contributed by atoms with Crippen LogP contribution in [0.25, 0.3) is 0 Å². The van der Waals surface area contributed by atoms with Gasteiger partial charge in [-0.05, 0) is 47.7 Å². The van der Waals surface area contributed by atoms with Crippen LogP contribution in [0, 0.1) is 5.92 Å². The first-order chi connectivity index (χ1) is 16.8. The molecule has 35 heavy (non-hydrogen) atoms. The molecule has 2 amide bonds. The first kappa shape index (κ1) is 26.0. The van der Waals surface area contributed by atoms with E-state index in [1.807, 2.05) is 74.5 Å². The molecule has 0 fully saturated rings. The standard InChI is InChI=1S/C28H29ClN2O4/c1-19(2)17-24(30-27(33)22-13-15-23(29)16-14-22)28(34)35-18-25(32)31-26(20-9-5-3-6-10-20)21-11-7-4-8-12-21/h3-16,19,24,26H,17-18H2,1-2H3,(H,30,33)(H,31,32)/t24-/m1/s1. The van der Waals surface area contributed by atoms with Crippen molar-refractivity contribution in [2.24, 2.45) is 5.92 Å². The van der Waals surface area contributed by atoms with Gasteiger partial charge in [-0.15, -0.1) is 0 Å². The molecule has 6 nitrogen and oxygen atoms in total. The number of hydrogen-bond acceptors (Lipinski definition) is 4. The zero-order valence-corrected chi connectivity index (χ0v) is 20.5. The summed E-state index contributed by atoms with van der Waals surface area (Å²) in [5, 5.41) is 6.16. The van der Waals surface area contributed by atoms with Gasteiger partial charge in [0.05, 0.1) is 6.04 Å². The van der Waals surface area contributed by atoms with Crippen LogP contribution in [0.5, 0.6) is 0 Å². The Bertz CT molecular complexity index is 1080. The Hall–Kier alpha value is -3.64. The van der Waals surface area contributed by atoms with Gasteiger partial charge >= 0.3 is 5.97 Å². The SMILES string of the molecule is CC(C)C[C@@H](NC(=O)c1ccc(Cl)cc1)C(=O)OCC(=O)NC(c1ccccc1)c1ccccc1. The van der Waals surface area contributed by atoms with E-state index in [1.165, 1.54) is 0 Å². The van der Waals surface area contributed by atoms with Crippen molar-refractivity contribution in [1.82, 2.24) is 10.6 Å². The normalized spacial score (nSPS) is 11.7. The second-order valence-corrected chi connectivity index (χ2v) is 9.03. The van der Waals surface area contributed by atoms with Crippen LogP contribution in [0.1, 0.15) is 47.8 Å². The molecular formula is C28H29ClN2O4. The quantitative estimate of drug-likeness (QED) is 0.393. The van der Waals surface area contributed by atoms with Crippen molar-refractivity contribution in [3.05, 3.63) is 107 Å². The van der Waals surface area contributed by atoms with Crippen molar-refractivity contribution in [1.29, 1.82) is 0 Å². The molecule has 0 aliphatic heterocycles. The highest BCUT2D eigenvalue weighted by Gasteiger charge is 2.25. The summed E-state index contributed by atoms with van der Waals surface area (Å²) in [7, 11) is 0. The molecule has 0 saturated carbocycles. The summed E-state index contributed by atoms with van der Waals surface area (Å²) in [6.07, 6.45) is 0.371. The zero-order valence-electron chi connectivity index (χ0n) is 19.7. The van der Waals surface area contributed by atoms with Gasteiger partial charge in [-0.25, -0.2) is 4.79 Å². The van der Waals surface area contributed by atoms with E-state index in [9.17, 15) is 14.4 Å². The third-order valence-corrected chi connectivity index (χ3v) is 5.57. The Morgan fingerprint density at radius 3 is 1.86 bits per heavy atom. The average Bonchev–Trinajstić information content (AvgIpc) is 2.86. The lowest BCUT2D eigenvalue weighted by Crippen LogP contribution is -2.44. The maximum Gasteiger partial charge on any atom is 0.329 e. The van der Waals surface area contributed by atoms with Crippen molar-refractivity contribution in [3.63, 3.8) is 0 Å². The molecule has 0 aliphatic rings. The van der Waals surface area contributed by atoms with Gasteiger partial charge < -0.3 is 15.4 Å². The molecule has 0 unspecified atom stereocenters. The molecule has 0 heterocycles. The minimum absolute atomic E-state index is 0.118. The summed E-state index contributed by atoms with van der Waals surface area (Å²) in [6.45, 7) is 3.41. The first-order valence-electron chi connectivity index (χ1n) is 11.5. The van der Waals surface area contributed by atoms with Gasteiger partial charge in [0.1, 0.15) is 6.04 Å². The second-order valence-electron chi connectivity index (χ2n) is 8.59. The van der Waals surface area contributed by atoms with Crippen molar-refractivity contribution in [3.8, 4) is 0 Å². The lowest BCUT2D eigenvalue weighted by molar-refractivity contribution is -0.150. The third-order valence-electron chi connectivity index (χ3n) is 5.32. The number of esters is 1. The summed E-state index contributed by atoms with van der Waals surface area (Å²) < 4.78 is 5.31. The fourth-order valence-electron chi connectivity index (χ4n) is 3.62. The maximum atomic E-state index is 12.8. The van der Waals surface area contributed by atoms with Crippen molar-refractivity contribution in [2.75, 3.05) is 6.61 Å². The Kier molecular flexibility index (Phi) is 9.44. The lowest BCUT2D eigenvalue weighted by atomic mass is 9.99. The molecule has 1 atom stereocenters. The molecular weight excluding hydrogens is 464 g/mol. The topological polar surface area (TPSA) is 84.5 Å². The fraction of sp³-hybridized carbons (Fsp3) is 0.250. The molecule has 3 aromatic rings. The van der Waals surface area contributed by atoms with Crippen LogP contribution in [0.2, 0.25) is 5.02 Å². The van der Waals surface area contributed by atoms with Gasteiger partial charge in [-0.2, -0.15) is 0 Å². The first-order valence-corrected chi connectivity index (χ1v) is 11.8. The van der Waals surface area contributed by atoms with Gasteiger partial charge in [0.2, 0.25) is 0 Å². The molecule has 0 saturated heterocycles. The van der Waals surface area contributed by atoms with Crippen molar-refractivity contribution in [2.45, 2.75) is 32.4 Å². The summed E-state index contributed by atoms with van der Waals surface area (Å²) in [5.41, 5.74) is 2.19. The number of carbonyl (C=O) groups is 3. The monoisotopic (exact) mass is 492 g/mol. The number of hydrogen-bond donors (Lipinski definition) is 2. The maximum absolute atomic E-state index is 12.8. The number of nitrogens with one attached hydrogen (secondary N) is 2. The minimum atomic E-state index is -0.884. The van der Waals surface area contributed by atoms with E-state index in [1.54, 1.807) is 24.3 Å². The van der Waals surface area contributed by atoms with Crippen molar-refractivity contribution >= 4 is 29.4 Å². The van der Waals surface area contributed by atoms with E-state index in [4.69, 9.17) is 16.3 Å². The van der Waals surface area contributed by atoms with Gasteiger partial charge in [0.15, 0.2) is 6.61 Å². The number of benzene rings is 3. The molecule has 182 valence electrons. The largest absolute Gasteiger partial charge is 0.454 e. The predicted octanol–water partition coefficient (Wildman–Crippen LogP) is 4.93. The predicted molar refractivity (Wildman–Crippen MR) is 136 cm³/mol. The lowest BCUT2D eigenvalue weighted by Gasteiger charge is -2.21. The van der Waals surface area contributed by atoms with Crippen LogP contribution in [-0.4, -0.2) is 30.4 Å². The molecule has 3 rings (SSSR count). The van der Waals surface area contributed by atoms with Gasteiger partial charge in [0.25, 0.3) is 11.8 Å². The number of halogens is 1. The molecule has 0 spiro atoms. The van der Waals surface area contributed by atoms with E-state index < -0.39 is 30.4 Å². The summed E-state index contributed by atoms with van der Waals surface area (Å²) >= 11 is 5.88. The summed E-state index contributed by atoms with van der Waals surface area (Å²) in [6, 6.07) is 24.2. The van der Waals surface area contributed by atoms with Gasteiger partial charge in [0, 0.05) is 10.6 Å². The van der Waals surface area contributed by atoms with Gasteiger partial charge in [-0.1, -0.05) is 86.1 Å². The average molecular weight is 493 g/mol. The minimum Gasteiger partial charge on any atom is -0.454 e. The number of amides is 2. The summed E-state index contributed by atoms with van der Waals surface area (Å²) in [4.78, 5) is 38.1. The van der Waals surface area contributed by atoms with E-state index >= 15 is 0 Å². The molecule has 7 heteroatoms. The van der Waals surface area contributed by atoms with E-state index in [2.05, 4.69) is 10.6 Å². The highest BCUT2D eigenvalue weighted by molar-refractivity contribution is 6.30. The van der Waals surface area contributed by atoms with Crippen LogP contribution >= 0.6 is 11.6 Å². The van der Waals surface area contributed by atoms with E-state index in [-0.39, 0.29) is 12.0 Å². The van der Waals surface area contributed by atoms with E-state index in [0.29, 0.717) is 17.0 Å². The van der Waals surface area contributed by atoms with Crippen molar-refractivity contribution < 1.29 is 19.1 Å². The third kappa shape index (κ3) is 7.97. The number of carbonyl (C=O) groups excluding carboxylic acids is 3. The van der Waals surface area contributed by atoms with Gasteiger partial charge in [-0.3, -0.25) is 9.59 Å². The summed E-state index contributed by atoms with van der Waals surface area (Å²) in [5.74, 6) is -1.40. The second kappa shape index (κ2) is 12.7. The van der Waals surface area contributed by atoms with Crippen LogP contribution in [0.3, 0.4) is 0 Å². The van der Waals surface area contributed by atoms with E-state index in [0.717, 1.165) is 11.1 Å². The molecule has 0 radical (unpaired) electrons. The molecule has 0 aromatic heterocycles. The fourth-order valence-corrected chi connectivity index (χ4v) is 3.74. The number of rotatable bonds is 10. The van der Waals surface area contributed by atoms with Crippen LogP contribution in [-0.2, 0) is 14.3 Å². The zero-order chi connectivity index (χ0) is 25.2. The highest BCUT2D eigenvalue weighted by Crippen LogP contribution is 2.21. The Morgan fingerprint density at radius 1 is 0.800 bits per heavy atom. The van der Waals surface area contributed by atoms with Crippen LogP contribution < -0.4 is 10.6 Å². The molecule has 3 aromatic carbocycles. The molecule has 0 bridgehead atoms. The molecule has 0 aliphatic carbocycles. The Balaban J connectivity index is 1.64. The Labute approximate surface area is 210 Å². The smallest absolute Gasteiger partial charge is 0.329 e.